The first-order chi connectivity index (χ1) is 15.3. The predicted molar refractivity (Wildman–Crippen MR) is 115 cm³/mol. The van der Waals surface area contributed by atoms with Crippen molar-refractivity contribution in [1.82, 2.24) is 20.1 Å². The topological polar surface area (TPSA) is 94.1 Å². The van der Waals surface area contributed by atoms with Crippen LogP contribution in [0.25, 0.3) is 0 Å². The number of pyridine rings is 1. The number of benzene rings is 1. The Morgan fingerprint density at radius 2 is 1.91 bits per heavy atom. The number of aryl methyl sites for hydroxylation is 1. The highest BCUT2D eigenvalue weighted by atomic mass is 19.1. The number of aromatic amines is 1. The smallest absolute Gasteiger partial charge is 0.310 e. The Bertz CT molecular complexity index is 1110. The molecule has 1 aliphatic rings. The fourth-order valence-corrected chi connectivity index (χ4v) is 4.08. The van der Waals surface area contributed by atoms with Crippen LogP contribution in [0.5, 0.6) is 0 Å². The average molecular weight is 441 g/mol. The summed E-state index contributed by atoms with van der Waals surface area (Å²) in [7, 11) is 0. The highest BCUT2D eigenvalue weighted by molar-refractivity contribution is 5.75. The molecule has 1 saturated heterocycles. The summed E-state index contributed by atoms with van der Waals surface area (Å²) in [6.07, 6.45) is 0.638. The van der Waals surface area contributed by atoms with Crippen LogP contribution in [0.3, 0.4) is 0 Å². The second-order valence-electron chi connectivity index (χ2n) is 8.32. The molecule has 9 heteroatoms. The largest absolute Gasteiger partial charge is 0.481 e. The quantitative estimate of drug-likeness (QED) is 0.512. The van der Waals surface area contributed by atoms with Crippen LogP contribution in [0.1, 0.15) is 29.8 Å². The van der Waals surface area contributed by atoms with Crippen LogP contribution in [0.15, 0.2) is 42.5 Å². The van der Waals surface area contributed by atoms with Crippen LogP contribution in [-0.4, -0.2) is 44.2 Å². The van der Waals surface area contributed by atoms with Crippen molar-refractivity contribution in [2.75, 3.05) is 18.4 Å². The van der Waals surface area contributed by atoms with E-state index in [9.17, 15) is 18.7 Å². The summed E-state index contributed by atoms with van der Waals surface area (Å²) < 4.78 is 28.5. The molecule has 7 nitrogen and oxygen atoms in total. The lowest BCUT2D eigenvalue weighted by molar-refractivity contribution is -0.152. The van der Waals surface area contributed by atoms with Gasteiger partial charge in [-0.25, -0.2) is 13.8 Å². The van der Waals surface area contributed by atoms with Crippen LogP contribution < -0.4 is 5.32 Å². The molecule has 0 unspecified atom stereocenters. The standard InChI is InChI=1S/C23H25F2N5O2/c1-15-12-21(29-28-15)27-20-7-6-18(25)19(26-20)13-23(22(31)32)8-10-30(11-9-23)14-16-4-2-3-5-17(16)24/h2-7,12H,8-11,13-14H2,1H3,(H,31,32)(H2,26,27,28,29). The summed E-state index contributed by atoms with van der Waals surface area (Å²) in [6.45, 7) is 3.23. The van der Waals surface area contributed by atoms with Gasteiger partial charge in [-0.2, -0.15) is 5.10 Å². The van der Waals surface area contributed by atoms with Gasteiger partial charge in [0.15, 0.2) is 5.82 Å². The molecule has 1 aliphatic heterocycles. The zero-order valence-corrected chi connectivity index (χ0v) is 17.7. The van der Waals surface area contributed by atoms with Gasteiger partial charge in [0, 0.05) is 30.3 Å². The van der Waals surface area contributed by atoms with E-state index >= 15 is 0 Å². The molecule has 0 bridgehead atoms. The second-order valence-corrected chi connectivity index (χ2v) is 8.32. The van der Waals surface area contributed by atoms with E-state index in [4.69, 9.17) is 0 Å². The SMILES string of the molecule is Cc1cc(Nc2ccc(F)c(CC3(C(=O)O)CCN(Cc4ccccc4F)CC3)n2)n[nH]1. The van der Waals surface area contributed by atoms with Gasteiger partial charge in [0.2, 0.25) is 0 Å². The molecule has 1 fully saturated rings. The molecule has 0 aliphatic carbocycles. The van der Waals surface area contributed by atoms with E-state index in [0.717, 1.165) is 5.69 Å². The summed E-state index contributed by atoms with van der Waals surface area (Å²) in [6, 6.07) is 11.1. The third-order valence-corrected chi connectivity index (χ3v) is 6.01. The lowest BCUT2D eigenvalue weighted by Gasteiger charge is -2.39. The lowest BCUT2D eigenvalue weighted by atomic mass is 9.74. The molecule has 4 rings (SSSR count). The van der Waals surface area contributed by atoms with Crippen molar-refractivity contribution in [2.45, 2.75) is 32.7 Å². The van der Waals surface area contributed by atoms with Crippen LogP contribution in [0.2, 0.25) is 0 Å². The van der Waals surface area contributed by atoms with Gasteiger partial charge in [0.05, 0.1) is 11.1 Å². The van der Waals surface area contributed by atoms with Crippen LogP contribution in [0.4, 0.5) is 20.4 Å². The van der Waals surface area contributed by atoms with Crippen LogP contribution >= 0.6 is 0 Å². The first-order valence-corrected chi connectivity index (χ1v) is 10.5. The second kappa shape index (κ2) is 9.04. The van der Waals surface area contributed by atoms with E-state index in [1.165, 1.54) is 18.2 Å². The third kappa shape index (κ3) is 4.77. The number of nitrogens with zero attached hydrogens (tertiary/aromatic N) is 3. The van der Waals surface area contributed by atoms with E-state index in [1.54, 1.807) is 24.3 Å². The summed E-state index contributed by atoms with van der Waals surface area (Å²) in [5.74, 6) is -0.841. The third-order valence-electron chi connectivity index (χ3n) is 6.01. The van der Waals surface area contributed by atoms with Crippen molar-refractivity contribution >= 4 is 17.6 Å². The number of carbonyl (C=O) groups is 1. The van der Waals surface area contributed by atoms with Crippen molar-refractivity contribution < 1.29 is 18.7 Å². The fourth-order valence-electron chi connectivity index (χ4n) is 4.08. The number of H-pyrrole nitrogens is 1. The minimum atomic E-state index is -1.12. The molecule has 3 heterocycles. The summed E-state index contributed by atoms with van der Waals surface area (Å²) in [5.41, 5.74) is 0.422. The molecule has 3 aromatic rings. The fraction of sp³-hybridized carbons (Fsp3) is 0.348. The van der Waals surface area contributed by atoms with Gasteiger partial charge in [0.1, 0.15) is 17.5 Å². The first-order valence-electron chi connectivity index (χ1n) is 10.5. The van der Waals surface area contributed by atoms with Crippen molar-refractivity contribution in [1.29, 1.82) is 0 Å². The molecular weight excluding hydrogens is 416 g/mol. The van der Waals surface area contributed by atoms with Gasteiger partial charge in [-0.1, -0.05) is 18.2 Å². The summed E-state index contributed by atoms with van der Waals surface area (Å²) >= 11 is 0. The van der Waals surface area contributed by atoms with Gasteiger partial charge in [-0.15, -0.1) is 0 Å². The molecule has 32 heavy (non-hydrogen) atoms. The molecule has 0 radical (unpaired) electrons. The monoisotopic (exact) mass is 441 g/mol. The Labute approximate surface area is 184 Å². The maximum absolute atomic E-state index is 14.6. The number of carboxylic acid groups (broad SMARTS) is 1. The van der Waals surface area contributed by atoms with E-state index in [-0.39, 0.29) is 17.9 Å². The molecule has 0 atom stereocenters. The predicted octanol–water partition coefficient (Wildman–Crippen LogP) is 4.04. The average Bonchev–Trinajstić information content (AvgIpc) is 3.18. The maximum Gasteiger partial charge on any atom is 0.310 e. The van der Waals surface area contributed by atoms with Gasteiger partial charge < -0.3 is 10.4 Å². The number of aromatic nitrogens is 3. The Morgan fingerprint density at radius 3 is 2.56 bits per heavy atom. The number of halogens is 2. The van der Waals surface area contributed by atoms with E-state index in [2.05, 4.69) is 20.5 Å². The first kappa shape index (κ1) is 21.9. The Balaban J connectivity index is 1.47. The normalized spacial score (nSPS) is 16.1. The molecule has 3 N–H and O–H groups in total. The van der Waals surface area contributed by atoms with Gasteiger partial charge >= 0.3 is 5.97 Å². The van der Waals surface area contributed by atoms with E-state index in [0.29, 0.717) is 49.7 Å². The molecule has 1 aromatic carbocycles. The summed E-state index contributed by atoms with van der Waals surface area (Å²) in [4.78, 5) is 18.6. The van der Waals surface area contributed by atoms with E-state index in [1.807, 2.05) is 11.8 Å². The number of likely N-dealkylation sites (tertiary alicyclic amines) is 1. The highest BCUT2D eigenvalue weighted by Crippen LogP contribution is 2.36. The number of carboxylic acids is 1. The van der Waals surface area contributed by atoms with E-state index < -0.39 is 17.2 Å². The van der Waals surface area contributed by atoms with Gasteiger partial charge in [-0.05, 0) is 51.1 Å². The van der Waals surface area contributed by atoms with Gasteiger partial charge in [-0.3, -0.25) is 14.8 Å². The van der Waals surface area contributed by atoms with Crippen molar-refractivity contribution in [2.24, 2.45) is 5.41 Å². The van der Waals surface area contributed by atoms with Crippen molar-refractivity contribution in [3.63, 3.8) is 0 Å². The van der Waals surface area contributed by atoms with Crippen molar-refractivity contribution in [3.05, 3.63) is 71.1 Å². The maximum atomic E-state index is 14.6. The molecule has 0 amide bonds. The Morgan fingerprint density at radius 1 is 1.16 bits per heavy atom. The molecule has 168 valence electrons. The van der Waals surface area contributed by atoms with Crippen LogP contribution in [0, 0.1) is 24.0 Å². The molecule has 0 spiro atoms. The number of anilines is 2. The number of hydrogen-bond donors (Lipinski definition) is 3. The Hall–Kier alpha value is -3.33. The molecule has 2 aromatic heterocycles. The molecular formula is C23H25F2N5O2. The number of nitrogens with one attached hydrogen (secondary N) is 2. The lowest BCUT2D eigenvalue weighted by Crippen LogP contribution is -2.45. The number of rotatable bonds is 7. The zero-order valence-electron chi connectivity index (χ0n) is 17.7. The highest BCUT2D eigenvalue weighted by Gasteiger charge is 2.42. The number of aliphatic carboxylic acids is 1. The zero-order chi connectivity index (χ0) is 22.7. The summed E-state index contributed by atoms with van der Waals surface area (Å²) in [5, 5.41) is 19.9. The van der Waals surface area contributed by atoms with Gasteiger partial charge in [0.25, 0.3) is 0 Å². The minimum absolute atomic E-state index is 0.0170. The van der Waals surface area contributed by atoms with Crippen LogP contribution in [-0.2, 0) is 17.8 Å². The number of piperidine rings is 1. The Kier molecular flexibility index (Phi) is 6.18. The molecule has 0 saturated carbocycles. The number of hydrogen-bond acceptors (Lipinski definition) is 5. The minimum Gasteiger partial charge on any atom is -0.481 e. The van der Waals surface area contributed by atoms with Crippen molar-refractivity contribution in [3.8, 4) is 0 Å².